The fourth-order valence-corrected chi connectivity index (χ4v) is 3.29. The molecule has 1 fully saturated rings. The van der Waals surface area contributed by atoms with Crippen LogP contribution < -0.4 is 10.6 Å². The van der Waals surface area contributed by atoms with Crippen molar-refractivity contribution in [3.8, 4) is 0 Å². The van der Waals surface area contributed by atoms with E-state index in [1.54, 1.807) is 11.3 Å². The highest BCUT2D eigenvalue weighted by atomic mass is 32.1. The van der Waals surface area contributed by atoms with Gasteiger partial charge in [-0.05, 0) is 31.0 Å². The molecule has 1 aliphatic rings. The molecule has 0 aliphatic carbocycles. The third kappa shape index (κ3) is 5.75. The fourth-order valence-electron chi connectivity index (χ4n) is 2.54. The number of thiophene rings is 1. The molecule has 0 saturated carbocycles. The van der Waals surface area contributed by atoms with Gasteiger partial charge in [-0.15, -0.1) is 11.3 Å². The molecule has 2 heterocycles. The molecule has 7 heteroatoms. The van der Waals surface area contributed by atoms with Crippen molar-refractivity contribution in [3.63, 3.8) is 0 Å². The summed E-state index contributed by atoms with van der Waals surface area (Å²) in [5.74, 6) is -0.223. The average molecular weight is 324 g/mol. The Hall–Kier alpha value is -1.44. The van der Waals surface area contributed by atoms with Gasteiger partial charge in [0.15, 0.2) is 0 Å². The standard InChI is InChI=1S/C15H24N4O2S/c1-16-15(21)17-14(20)5-8-18-6-3-7-19(10-9-18)12-13-4-2-11-22-13/h2,4,11H,3,5-10,12H2,1H3,(H2,16,17,20,21). The molecule has 122 valence electrons. The highest BCUT2D eigenvalue weighted by Crippen LogP contribution is 2.13. The molecule has 0 spiro atoms. The van der Waals surface area contributed by atoms with Crippen molar-refractivity contribution in [2.45, 2.75) is 19.4 Å². The van der Waals surface area contributed by atoms with Crippen molar-refractivity contribution in [1.29, 1.82) is 0 Å². The minimum absolute atomic E-state index is 0.223. The first-order valence-corrected chi connectivity index (χ1v) is 8.54. The van der Waals surface area contributed by atoms with E-state index in [0.717, 1.165) is 39.1 Å². The summed E-state index contributed by atoms with van der Waals surface area (Å²) in [6.45, 7) is 5.82. The number of hydrogen-bond donors (Lipinski definition) is 2. The second-order valence-electron chi connectivity index (χ2n) is 5.43. The lowest BCUT2D eigenvalue weighted by Gasteiger charge is -2.21. The predicted octanol–water partition coefficient (Wildman–Crippen LogP) is 1.10. The smallest absolute Gasteiger partial charge is 0.321 e. The second kappa shape index (κ2) is 8.87. The van der Waals surface area contributed by atoms with Gasteiger partial charge in [-0.1, -0.05) is 6.07 Å². The fraction of sp³-hybridized carbons (Fsp3) is 0.600. The molecule has 1 saturated heterocycles. The second-order valence-corrected chi connectivity index (χ2v) is 6.46. The number of nitrogens with one attached hydrogen (secondary N) is 2. The van der Waals surface area contributed by atoms with Gasteiger partial charge in [0.05, 0.1) is 0 Å². The van der Waals surface area contributed by atoms with Crippen molar-refractivity contribution >= 4 is 23.3 Å². The van der Waals surface area contributed by atoms with Crippen LogP contribution in [0.2, 0.25) is 0 Å². The summed E-state index contributed by atoms with van der Waals surface area (Å²) < 4.78 is 0. The number of carbonyl (C=O) groups excluding carboxylic acids is 2. The van der Waals surface area contributed by atoms with Gasteiger partial charge >= 0.3 is 6.03 Å². The van der Waals surface area contributed by atoms with Gasteiger partial charge in [-0.25, -0.2) is 4.79 Å². The van der Waals surface area contributed by atoms with Gasteiger partial charge in [0.1, 0.15) is 0 Å². The van der Waals surface area contributed by atoms with E-state index in [1.165, 1.54) is 11.9 Å². The van der Waals surface area contributed by atoms with E-state index < -0.39 is 6.03 Å². The van der Waals surface area contributed by atoms with Crippen LogP contribution in [0.25, 0.3) is 0 Å². The topological polar surface area (TPSA) is 64.7 Å². The number of rotatable bonds is 5. The van der Waals surface area contributed by atoms with Crippen molar-refractivity contribution in [3.05, 3.63) is 22.4 Å². The molecule has 1 aromatic heterocycles. The summed E-state index contributed by atoms with van der Waals surface area (Å²) in [5, 5.41) is 6.79. The Labute approximate surface area is 135 Å². The van der Waals surface area contributed by atoms with Crippen LogP contribution in [0.5, 0.6) is 0 Å². The van der Waals surface area contributed by atoms with Crippen LogP contribution in [0, 0.1) is 0 Å². The van der Waals surface area contributed by atoms with Gasteiger partial charge < -0.3 is 10.2 Å². The molecule has 0 aromatic carbocycles. The maximum Gasteiger partial charge on any atom is 0.321 e. The van der Waals surface area contributed by atoms with Crippen molar-refractivity contribution < 1.29 is 9.59 Å². The third-order valence-corrected chi connectivity index (χ3v) is 4.64. The van der Waals surface area contributed by atoms with Crippen molar-refractivity contribution in [1.82, 2.24) is 20.4 Å². The molecular weight excluding hydrogens is 300 g/mol. The highest BCUT2D eigenvalue weighted by molar-refractivity contribution is 7.09. The number of amides is 3. The Kier molecular flexibility index (Phi) is 6.82. The molecule has 22 heavy (non-hydrogen) atoms. The molecule has 0 unspecified atom stereocenters. The zero-order valence-electron chi connectivity index (χ0n) is 13.0. The maximum absolute atomic E-state index is 11.6. The average Bonchev–Trinajstić information content (AvgIpc) is 2.91. The van der Waals surface area contributed by atoms with Crippen molar-refractivity contribution in [2.24, 2.45) is 0 Å². The molecule has 0 radical (unpaired) electrons. The number of urea groups is 1. The van der Waals surface area contributed by atoms with E-state index in [0.29, 0.717) is 13.0 Å². The van der Waals surface area contributed by atoms with E-state index in [-0.39, 0.29) is 5.91 Å². The summed E-state index contributed by atoms with van der Waals surface area (Å²) in [7, 11) is 1.50. The summed E-state index contributed by atoms with van der Waals surface area (Å²) in [6, 6.07) is 3.83. The maximum atomic E-state index is 11.6. The highest BCUT2D eigenvalue weighted by Gasteiger charge is 2.16. The van der Waals surface area contributed by atoms with Gasteiger partial charge in [-0.2, -0.15) is 0 Å². The van der Waals surface area contributed by atoms with Crippen LogP contribution in [0.3, 0.4) is 0 Å². The first-order chi connectivity index (χ1) is 10.7. The predicted molar refractivity (Wildman–Crippen MR) is 87.9 cm³/mol. The van der Waals surface area contributed by atoms with Crippen molar-refractivity contribution in [2.75, 3.05) is 39.8 Å². The third-order valence-electron chi connectivity index (χ3n) is 3.78. The molecule has 2 rings (SSSR count). The van der Waals surface area contributed by atoms with Crippen LogP contribution >= 0.6 is 11.3 Å². The van der Waals surface area contributed by atoms with E-state index in [4.69, 9.17) is 0 Å². The summed E-state index contributed by atoms with van der Waals surface area (Å²) in [4.78, 5) is 28.8. The molecule has 6 nitrogen and oxygen atoms in total. The summed E-state index contributed by atoms with van der Waals surface area (Å²) in [6.07, 6.45) is 1.47. The van der Waals surface area contributed by atoms with Gasteiger partial charge in [0.25, 0.3) is 0 Å². The number of carbonyl (C=O) groups is 2. The lowest BCUT2D eigenvalue weighted by molar-refractivity contribution is -0.120. The molecule has 2 N–H and O–H groups in total. The lowest BCUT2D eigenvalue weighted by Crippen LogP contribution is -2.39. The molecule has 1 aromatic rings. The Morgan fingerprint density at radius 1 is 1.23 bits per heavy atom. The zero-order chi connectivity index (χ0) is 15.8. The van der Waals surface area contributed by atoms with Crippen LogP contribution in [0.4, 0.5) is 4.79 Å². The molecular formula is C15H24N4O2S. The first kappa shape index (κ1) is 16.9. The minimum Gasteiger partial charge on any atom is -0.341 e. The minimum atomic E-state index is -0.442. The molecule has 0 bridgehead atoms. The number of hydrogen-bond acceptors (Lipinski definition) is 5. The Morgan fingerprint density at radius 3 is 2.73 bits per heavy atom. The molecule has 3 amide bonds. The molecule has 0 atom stereocenters. The van der Waals surface area contributed by atoms with E-state index in [1.807, 2.05) is 0 Å². The van der Waals surface area contributed by atoms with E-state index in [9.17, 15) is 9.59 Å². The van der Waals surface area contributed by atoms with Crippen LogP contribution in [-0.4, -0.2) is 61.5 Å². The van der Waals surface area contributed by atoms with Gasteiger partial charge in [0, 0.05) is 44.5 Å². The Morgan fingerprint density at radius 2 is 2.00 bits per heavy atom. The summed E-state index contributed by atoms with van der Waals surface area (Å²) in [5.41, 5.74) is 0. The molecule has 1 aliphatic heterocycles. The van der Waals surface area contributed by atoms with Gasteiger partial charge in [0.2, 0.25) is 5.91 Å². The Balaban J connectivity index is 1.69. The normalized spacial score (nSPS) is 17.0. The monoisotopic (exact) mass is 324 g/mol. The summed E-state index contributed by atoms with van der Waals surface area (Å²) >= 11 is 1.80. The zero-order valence-corrected chi connectivity index (χ0v) is 13.8. The van der Waals surface area contributed by atoms with Crippen LogP contribution in [0.1, 0.15) is 17.7 Å². The van der Waals surface area contributed by atoms with E-state index in [2.05, 4.69) is 37.9 Å². The number of nitrogens with zero attached hydrogens (tertiary/aromatic N) is 2. The van der Waals surface area contributed by atoms with Gasteiger partial charge in [-0.3, -0.25) is 15.0 Å². The first-order valence-electron chi connectivity index (χ1n) is 7.66. The van der Waals surface area contributed by atoms with Crippen LogP contribution in [0.15, 0.2) is 17.5 Å². The Bertz CT molecular complexity index is 478. The quantitative estimate of drug-likeness (QED) is 0.851. The SMILES string of the molecule is CNC(=O)NC(=O)CCN1CCCN(Cc2cccs2)CC1. The largest absolute Gasteiger partial charge is 0.341 e. The van der Waals surface area contributed by atoms with Crippen LogP contribution in [-0.2, 0) is 11.3 Å². The van der Waals surface area contributed by atoms with E-state index >= 15 is 0 Å². The lowest BCUT2D eigenvalue weighted by atomic mass is 10.3. The number of imide groups is 1.